The number of hydrogen-bond donors (Lipinski definition) is 1. The van der Waals surface area contributed by atoms with Gasteiger partial charge in [0.25, 0.3) is 0 Å². The van der Waals surface area contributed by atoms with Crippen molar-refractivity contribution in [1.82, 2.24) is 4.98 Å². The minimum atomic E-state index is -0.388. The van der Waals surface area contributed by atoms with Crippen molar-refractivity contribution in [2.45, 2.75) is 13.5 Å². The number of nitrogens with one attached hydrogen (secondary N) is 1. The van der Waals surface area contributed by atoms with Crippen LogP contribution in [-0.4, -0.2) is 4.98 Å². The van der Waals surface area contributed by atoms with E-state index in [9.17, 15) is 4.39 Å². The molecule has 0 saturated heterocycles. The van der Waals surface area contributed by atoms with E-state index < -0.39 is 0 Å². The molecule has 0 radical (unpaired) electrons. The molecule has 96 valence electrons. The topological polar surface area (TPSA) is 48.7 Å². The van der Waals surface area contributed by atoms with E-state index in [4.69, 9.17) is 5.26 Å². The Morgan fingerprint density at radius 2 is 2.21 bits per heavy atom. The lowest BCUT2D eigenvalue weighted by Crippen LogP contribution is -2.05. The van der Waals surface area contributed by atoms with Crippen molar-refractivity contribution >= 4 is 21.7 Å². The van der Waals surface area contributed by atoms with Gasteiger partial charge in [-0.25, -0.2) is 9.37 Å². The summed E-state index contributed by atoms with van der Waals surface area (Å²) < 4.78 is 14.6. The van der Waals surface area contributed by atoms with Gasteiger partial charge < -0.3 is 5.32 Å². The second-order valence-electron chi connectivity index (χ2n) is 4.09. The molecule has 2 aromatic rings. The fourth-order valence-electron chi connectivity index (χ4n) is 1.66. The van der Waals surface area contributed by atoms with Gasteiger partial charge in [0.05, 0.1) is 11.6 Å². The van der Waals surface area contributed by atoms with Crippen molar-refractivity contribution in [3.8, 4) is 6.07 Å². The largest absolute Gasteiger partial charge is 0.366 e. The predicted octanol–water partition coefficient (Wildman–Crippen LogP) is 3.78. The van der Waals surface area contributed by atoms with Crippen molar-refractivity contribution in [3.05, 3.63) is 57.4 Å². The molecule has 0 spiro atoms. The quantitative estimate of drug-likeness (QED) is 0.936. The van der Waals surface area contributed by atoms with Crippen molar-refractivity contribution in [3.63, 3.8) is 0 Å². The molecule has 0 unspecified atom stereocenters. The van der Waals surface area contributed by atoms with Crippen LogP contribution in [0.15, 0.2) is 34.9 Å². The summed E-state index contributed by atoms with van der Waals surface area (Å²) in [4.78, 5) is 4.22. The lowest BCUT2D eigenvalue weighted by Gasteiger charge is -2.09. The number of rotatable bonds is 3. The van der Waals surface area contributed by atoms with E-state index >= 15 is 0 Å². The highest BCUT2D eigenvalue weighted by molar-refractivity contribution is 9.10. The monoisotopic (exact) mass is 319 g/mol. The summed E-state index contributed by atoms with van der Waals surface area (Å²) in [6, 6.07) is 8.28. The minimum Gasteiger partial charge on any atom is -0.366 e. The lowest BCUT2D eigenvalue weighted by molar-refractivity contribution is 0.612. The predicted molar refractivity (Wildman–Crippen MR) is 75.1 cm³/mol. The van der Waals surface area contributed by atoms with Crippen LogP contribution in [0.1, 0.15) is 16.7 Å². The van der Waals surface area contributed by atoms with Crippen molar-refractivity contribution in [2.24, 2.45) is 0 Å². The van der Waals surface area contributed by atoms with Crippen LogP contribution in [0.2, 0.25) is 0 Å². The van der Waals surface area contributed by atoms with Crippen LogP contribution in [0, 0.1) is 24.1 Å². The van der Waals surface area contributed by atoms with Gasteiger partial charge in [0.1, 0.15) is 11.6 Å². The van der Waals surface area contributed by atoms with E-state index in [1.54, 1.807) is 18.3 Å². The van der Waals surface area contributed by atoms with Gasteiger partial charge in [-0.2, -0.15) is 5.26 Å². The molecule has 0 aliphatic heterocycles. The number of nitrogens with zero attached hydrogens (tertiary/aromatic N) is 2. The Hall–Kier alpha value is -1.93. The maximum Gasteiger partial charge on any atom is 0.129 e. The molecule has 0 bridgehead atoms. The number of pyridine rings is 1. The zero-order valence-corrected chi connectivity index (χ0v) is 11.8. The zero-order valence-electron chi connectivity index (χ0n) is 10.2. The summed E-state index contributed by atoms with van der Waals surface area (Å²) >= 11 is 3.34. The molecule has 5 heteroatoms. The highest BCUT2D eigenvalue weighted by atomic mass is 79.9. The molecular formula is C14H11BrFN3. The first-order chi connectivity index (χ1) is 9.10. The van der Waals surface area contributed by atoms with Gasteiger partial charge in [0.15, 0.2) is 0 Å². The summed E-state index contributed by atoms with van der Waals surface area (Å²) in [6.07, 6.45) is 1.68. The van der Waals surface area contributed by atoms with Gasteiger partial charge >= 0.3 is 0 Å². The van der Waals surface area contributed by atoms with Crippen LogP contribution in [0.4, 0.5) is 10.2 Å². The third-order valence-corrected chi connectivity index (χ3v) is 3.11. The summed E-state index contributed by atoms with van der Waals surface area (Å²) in [6.45, 7) is 2.25. The Morgan fingerprint density at radius 1 is 1.42 bits per heavy atom. The van der Waals surface area contributed by atoms with Gasteiger partial charge in [-0.05, 0) is 46.6 Å². The first kappa shape index (κ1) is 13.5. The number of anilines is 1. The van der Waals surface area contributed by atoms with Gasteiger partial charge in [0, 0.05) is 22.8 Å². The lowest BCUT2D eigenvalue weighted by atomic mass is 10.1. The second kappa shape index (κ2) is 5.81. The van der Waals surface area contributed by atoms with E-state index in [1.807, 2.05) is 19.1 Å². The molecule has 19 heavy (non-hydrogen) atoms. The van der Waals surface area contributed by atoms with Crippen LogP contribution in [-0.2, 0) is 6.54 Å². The molecule has 0 saturated carbocycles. The molecule has 0 fully saturated rings. The molecule has 0 amide bonds. The number of benzene rings is 1. The Labute approximate surface area is 119 Å². The Kier molecular flexibility index (Phi) is 4.13. The number of halogens is 2. The summed E-state index contributed by atoms with van der Waals surface area (Å²) in [5.74, 6) is 0.327. The summed E-state index contributed by atoms with van der Waals surface area (Å²) in [7, 11) is 0. The van der Waals surface area contributed by atoms with E-state index in [2.05, 4.69) is 26.2 Å². The summed E-state index contributed by atoms with van der Waals surface area (Å²) in [5.41, 5.74) is 1.80. The molecule has 0 aliphatic rings. The standard InChI is InChI=1S/C14H11BrFN3/c1-9-4-12(15)8-19-14(9)18-7-11-3-2-10(6-17)5-13(11)16/h2-5,8H,7H2,1H3,(H,18,19). The number of nitriles is 1. The van der Waals surface area contributed by atoms with E-state index in [0.29, 0.717) is 23.5 Å². The number of aromatic nitrogens is 1. The van der Waals surface area contributed by atoms with Crippen LogP contribution in [0.5, 0.6) is 0 Å². The molecule has 1 N–H and O–H groups in total. The minimum absolute atomic E-state index is 0.319. The van der Waals surface area contributed by atoms with E-state index in [1.165, 1.54) is 6.07 Å². The first-order valence-electron chi connectivity index (χ1n) is 5.64. The van der Waals surface area contributed by atoms with Gasteiger partial charge in [-0.3, -0.25) is 0 Å². The highest BCUT2D eigenvalue weighted by Crippen LogP contribution is 2.18. The molecule has 1 aromatic heterocycles. The third kappa shape index (κ3) is 3.30. The maximum absolute atomic E-state index is 13.7. The fourth-order valence-corrected chi connectivity index (χ4v) is 2.11. The third-order valence-electron chi connectivity index (χ3n) is 2.67. The molecule has 3 nitrogen and oxygen atoms in total. The average Bonchev–Trinajstić information content (AvgIpc) is 2.39. The smallest absolute Gasteiger partial charge is 0.129 e. The highest BCUT2D eigenvalue weighted by Gasteiger charge is 2.05. The van der Waals surface area contributed by atoms with Crippen LogP contribution in [0.3, 0.4) is 0 Å². The van der Waals surface area contributed by atoms with Crippen LogP contribution in [0.25, 0.3) is 0 Å². The molecule has 2 rings (SSSR count). The van der Waals surface area contributed by atoms with Gasteiger partial charge in [-0.15, -0.1) is 0 Å². The van der Waals surface area contributed by atoms with E-state index in [-0.39, 0.29) is 5.82 Å². The first-order valence-corrected chi connectivity index (χ1v) is 6.44. The van der Waals surface area contributed by atoms with Crippen LogP contribution < -0.4 is 5.32 Å². The molecule has 0 aliphatic carbocycles. The SMILES string of the molecule is Cc1cc(Br)cnc1NCc1ccc(C#N)cc1F. The van der Waals surface area contributed by atoms with Crippen molar-refractivity contribution in [2.75, 3.05) is 5.32 Å². The van der Waals surface area contributed by atoms with Gasteiger partial charge in [-0.1, -0.05) is 6.07 Å². The maximum atomic E-state index is 13.7. The van der Waals surface area contributed by atoms with Crippen LogP contribution >= 0.6 is 15.9 Å². The molecule has 1 aromatic carbocycles. The fraction of sp³-hybridized carbons (Fsp3) is 0.143. The number of hydrogen-bond acceptors (Lipinski definition) is 3. The molecular weight excluding hydrogens is 309 g/mol. The van der Waals surface area contributed by atoms with Crippen molar-refractivity contribution < 1.29 is 4.39 Å². The van der Waals surface area contributed by atoms with Crippen molar-refractivity contribution in [1.29, 1.82) is 5.26 Å². The Balaban J connectivity index is 2.13. The zero-order chi connectivity index (χ0) is 13.8. The van der Waals surface area contributed by atoms with E-state index in [0.717, 1.165) is 10.0 Å². The normalized spacial score (nSPS) is 10.0. The molecule has 0 atom stereocenters. The molecule has 1 heterocycles. The number of aryl methyl sites for hydroxylation is 1. The Morgan fingerprint density at radius 3 is 2.84 bits per heavy atom. The summed E-state index contributed by atoms with van der Waals surface area (Å²) in [5, 5.41) is 11.8. The Bertz CT molecular complexity index is 650. The van der Waals surface area contributed by atoms with Gasteiger partial charge in [0.2, 0.25) is 0 Å². The average molecular weight is 320 g/mol. The second-order valence-corrected chi connectivity index (χ2v) is 5.01.